The number of carbonyl (C=O) groups is 2. The molecule has 0 saturated heterocycles. The van der Waals surface area contributed by atoms with Crippen LogP contribution < -0.4 is 5.32 Å². The number of ether oxygens (including phenoxy) is 1. The van der Waals surface area contributed by atoms with Crippen molar-refractivity contribution in [2.24, 2.45) is 0 Å². The Morgan fingerprint density at radius 1 is 1.03 bits per heavy atom. The molecule has 1 heterocycles. The van der Waals surface area contributed by atoms with Crippen molar-refractivity contribution < 1.29 is 27.5 Å². The van der Waals surface area contributed by atoms with Crippen molar-refractivity contribution in [2.45, 2.75) is 23.5 Å². The Bertz CT molecular complexity index is 1120. The van der Waals surface area contributed by atoms with E-state index in [1.165, 1.54) is 26.2 Å². The number of hydrogen-bond acceptors (Lipinski definition) is 6. The molecule has 2 aromatic carbocycles. The van der Waals surface area contributed by atoms with Crippen LogP contribution in [0.1, 0.15) is 23.0 Å². The zero-order chi connectivity index (χ0) is 23.3. The van der Waals surface area contributed by atoms with Crippen molar-refractivity contribution in [3.63, 3.8) is 0 Å². The molecule has 1 amide bonds. The summed E-state index contributed by atoms with van der Waals surface area (Å²) in [5, 5.41) is 1.55. The quantitative estimate of drug-likeness (QED) is 0.314. The number of halogens is 3. The molecular formula is C22H18F3N3O3S. The number of methoxy groups -OCH3 is 1. The number of hydrogen-bond donors (Lipinski definition) is 1. The summed E-state index contributed by atoms with van der Waals surface area (Å²) in [6, 6.07) is 15.5. The van der Waals surface area contributed by atoms with E-state index in [0.29, 0.717) is 5.56 Å². The van der Waals surface area contributed by atoms with E-state index in [2.05, 4.69) is 15.3 Å². The van der Waals surface area contributed by atoms with Crippen LogP contribution >= 0.6 is 11.8 Å². The number of anilines is 1. The van der Waals surface area contributed by atoms with E-state index < -0.39 is 29.0 Å². The standard InChI is InChI=1S/C22H18F3N3O3S/c1-13(19(29)26-16-11-7-6-10-15(16)20(30)31-2)32-21-27-17(14-8-4-3-5-9-14)12-18(28-21)22(23,24)25/h3-13H,1-2H3,(H,26,29). The highest BCUT2D eigenvalue weighted by Crippen LogP contribution is 2.33. The molecule has 3 rings (SSSR count). The van der Waals surface area contributed by atoms with Crippen LogP contribution in [0.3, 0.4) is 0 Å². The van der Waals surface area contributed by atoms with Crippen LogP contribution in [-0.4, -0.2) is 34.2 Å². The number of carbonyl (C=O) groups excluding carboxylic acids is 2. The molecule has 6 nitrogen and oxygen atoms in total. The lowest BCUT2D eigenvalue weighted by atomic mass is 10.1. The molecule has 1 unspecified atom stereocenters. The van der Waals surface area contributed by atoms with Crippen molar-refractivity contribution in [3.05, 3.63) is 71.9 Å². The van der Waals surface area contributed by atoms with Crippen molar-refractivity contribution in [3.8, 4) is 11.3 Å². The number of thioether (sulfide) groups is 1. The zero-order valence-electron chi connectivity index (χ0n) is 17.0. The van der Waals surface area contributed by atoms with Gasteiger partial charge in [-0.3, -0.25) is 4.79 Å². The van der Waals surface area contributed by atoms with Crippen molar-refractivity contribution in [1.82, 2.24) is 9.97 Å². The first-order valence-corrected chi connectivity index (χ1v) is 10.2. The summed E-state index contributed by atoms with van der Waals surface area (Å²) in [5.74, 6) is -1.16. The van der Waals surface area contributed by atoms with Gasteiger partial charge >= 0.3 is 12.1 Å². The van der Waals surface area contributed by atoms with Gasteiger partial charge in [0.25, 0.3) is 0 Å². The average Bonchev–Trinajstić information content (AvgIpc) is 2.78. The molecule has 0 radical (unpaired) electrons. The maximum Gasteiger partial charge on any atom is 0.433 e. The highest BCUT2D eigenvalue weighted by atomic mass is 32.2. The molecule has 0 spiro atoms. The van der Waals surface area contributed by atoms with Gasteiger partial charge in [-0.15, -0.1) is 0 Å². The number of amides is 1. The predicted octanol–water partition coefficient (Wildman–Crippen LogP) is 5.07. The molecule has 32 heavy (non-hydrogen) atoms. The molecule has 10 heteroatoms. The zero-order valence-corrected chi connectivity index (χ0v) is 17.8. The van der Waals surface area contributed by atoms with Gasteiger partial charge in [-0.2, -0.15) is 13.2 Å². The highest BCUT2D eigenvalue weighted by molar-refractivity contribution is 8.00. The molecule has 0 fully saturated rings. The lowest BCUT2D eigenvalue weighted by Gasteiger charge is -2.15. The van der Waals surface area contributed by atoms with E-state index in [0.717, 1.165) is 17.8 Å². The molecule has 0 aliphatic rings. The number of benzene rings is 2. The van der Waals surface area contributed by atoms with E-state index in [9.17, 15) is 22.8 Å². The second kappa shape index (κ2) is 9.82. The predicted molar refractivity (Wildman–Crippen MR) is 114 cm³/mol. The average molecular weight is 461 g/mol. The number of rotatable bonds is 6. The fraction of sp³-hybridized carbons (Fsp3) is 0.182. The fourth-order valence-electron chi connectivity index (χ4n) is 2.71. The first-order chi connectivity index (χ1) is 15.2. The maximum absolute atomic E-state index is 13.4. The van der Waals surface area contributed by atoms with Gasteiger partial charge < -0.3 is 10.1 Å². The van der Waals surface area contributed by atoms with E-state index in [4.69, 9.17) is 4.74 Å². The highest BCUT2D eigenvalue weighted by Gasteiger charge is 2.34. The molecule has 3 aromatic rings. The summed E-state index contributed by atoms with van der Waals surface area (Å²) >= 11 is 0.780. The van der Waals surface area contributed by atoms with E-state index >= 15 is 0 Å². The Morgan fingerprint density at radius 3 is 2.34 bits per heavy atom. The van der Waals surface area contributed by atoms with Gasteiger partial charge in [0.2, 0.25) is 5.91 Å². The van der Waals surface area contributed by atoms with Crippen LogP contribution in [0, 0.1) is 0 Å². The van der Waals surface area contributed by atoms with Crippen LogP contribution in [-0.2, 0) is 15.7 Å². The second-order valence-corrected chi connectivity index (χ2v) is 7.88. The molecule has 0 aliphatic heterocycles. The molecule has 0 saturated carbocycles. The molecule has 166 valence electrons. The van der Waals surface area contributed by atoms with Crippen LogP contribution in [0.4, 0.5) is 18.9 Å². The number of para-hydroxylation sites is 1. The van der Waals surface area contributed by atoms with E-state index in [1.54, 1.807) is 42.5 Å². The lowest BCUT2D eigenvalue weighted by molar-refractivity contribution is -0.141. The van der Waals surface area contributed by atoms with Crippen LogP contribution in [0.15, 0.2) is 65.8 Å². The summed E-state index contributed by atoms with van der Waals surface area (Å²) in [7, 11) is 1.22. The number of alkyl halides is 3. The SMILES string of the molecule is COC(=O)c1ccccc1NC(=O)C(C)Sc1nc(-c2ccccc2)cc(C(F)(F)F)n1. The van der Waals surface area contributed by atoms with Crippen molar-refractivity contribution in [1.29, 1.82) is 0 Å². The Kier molecular flexibility index (Phi) is 7.14. The van der Waals surface area contributed by atoms with Crippen molar-refractivity contribution in [2.75, 3.05) is 12.4 Å². The van der Waals surface area contributed by atoms with Crippen molar-refractivity contribution >= 4 is 29.3 Å². The number of nitrogens with one attached hydrogen (secondary N) is 1. The molecule has 1 N–H and O–H groups in total. The minimum absolute atomic E-state index is 0.0964. The number of esters is 1. The summed E-state index contributed by atoms with van der Waals surface area (Å²) in [5.41, 5.74) is -0.128. The third-order valence-electron chi connectivity index (χ3n) is 4.31. The maximum atomic E-state index is 13.4. The first kappa shape index (κ1) is 23.3. The van der Waals surface area contributed by atoms with Gasteiger partial charge in [-0.25, -0.2) is 14.8 Å². The van der Waals surface area contributed by atoms with Gasteiger partial charge in [-0.1, -0.05) is 54.2 Å². The molecule has 1 aromatic heterocycles. The summed E-state index contributed by atoms with van der Waals surface area (Å²) in [6.07, 6.45) is -4.67. The largest absolute Gasteiger partial charge is 0.465 e. The third kappa shape index (κ3) is 5.64. The van der Waals surface area contributed by atoms with Crippen LogP contribution in [0.5, 0.6) is 0 Å². The minimum Gasteiger partial charge on any atom is -0.465 e. The van der Waals surface area contributed by atoms with Gasteiger partial charge in [0.15, 0.2) is 5.16 Å². The molecule has 1 atom stereocenters. The van der Waals surface area contributed by atoms with E-state index in [1.807, 2.05) is 0 Å². The smallest absolute Gasteiger partial charge is 0.433 e. The van der Waals surface area contributed by atoms with Crippen LogP contribution in [0.25, 0.3) is 11.3 Å². The number of aromatic nitrogens is 2. The normalized spacial score (nSPS) is 12.2. The third-order valence-corrected chi connectivity index (χ3v) is 5.27. The van der Waals surface area contributed by atoms with Gasteiger partial charge in [0.05, 0.1) is 29.3 Å². The molecule has 0 bridgehead atoms. The summed E-state index contributed by atoms with van der Waals surface area (Å²) in [6.45, 7) is 1.51. The van der Waals surface area contributed by atoms with E-state index in [-0.39, 0.29) is 22.1 Å². The topological polar surface area (TPSA) is 81.2 Å². The van der Waals surface area contributed by atoms with Crippen LogP contribution in [0.2, 0.25) is 0 Å². The fourth-order valence-corrected chi connectivity index (χ4v) is 3.49. The summed E-state index contributed by atoms with van der Waals surface area (Å²) < 4.78 is 44.8. The summed E-state index contributed by atoms with van der Waals surface area (Å²) in [4.78, 5) is 32.3. The molecule has 0 aliphatic carbocycles. The minimum atomic E-state index is -4.67. The Hall–Kier alpha value is -3.40. The molecular weight excluding hydrogens is 443 g/mol. The first-order valence-electron chi connectivity index (χ1n) is 9.35. The monoisotopic (exact) mass is 461 g/mol. The Balaban J connectivity index is 1.85. The number of nitrogens with zero attached hydrogens (tertiary/aromatic N) is 2. The van der Waals surface area contributed by atoms with Gasteiger partial charge in [0.1, 0.15) is 5.69 Å². The Labute approximate surface area is 186 Å². The second-order valence-electron chi connectivity index (χ2n) is 6.57. The van der Waals surface area contributed by atoms with Gasteiger partial charge in [-0.05, 0) is 25.1 Å². The lowest BCUT2D eigenvalue weighted by Crippen LogP contribution is -2.24. The van der Waals surface area contributed by atoms with Gasteiger partial charge in [0, 0.05) is 5.56 Å². The Morgan fingerprint density at radius 2 is 1.69 bits per heavy atom.